The maximum absolute atomic E-state index is 14.0. The molecule has 1 heterocycles. The number of urea groups is 1. The quantitative estimate of drug-likeness (QED) is 0.270. The van der Waals surface area contributed by atoms with Gasteiger partial charge in [0.05, 0.1) is 0 Å². The van der Waals surface area contributed by atoms with E-state index in [9.17, 15) is 14.4 Å². The van der Waals surface area contributed by atoms with Gasteiger partial charge >= 0.3 is 6.03 Å². The third-order valence-electron chi connectivity index (χ3n) is 8.46. The number of amides is 4. The molecule has 3 aromatic rings. The molecule has 220 valence electrons. The Morgan fingerprint density at radius 3 is 2.05 bits per heavy atom. The van der Waals surface area contributed by atoms with Crippen molar-refractivity contribution < 1.29 is 19.1 Å². The highest BCUT2D eigenvalue weighted by molar-refractivity contribution is 6.18. The van der Waals surface area contributed by atoms with Crippen molar-refractivity contribution in [2.45, 2.75) is 83.8 Å². The van der Waals surface area contributed by atoms with Gasteiger partial charge in [0.15, 0.2) is 0 Å². The summed E-state index contributed by atoms with van der Waals surface area (Å²) in [6.45, 7) is 8.47. The molecule has 0 atom stereocenters. The number of imide groups is 1. The molecule has 2 fully saturated rings. The van der Waals surface area contributed by atoms with Crippen molar-refractivity contribution in [1.82, 2.24) is 4.90 Å². The van der Waals surface area contributed by atoms with E-state index in [1.165, 1.54) is 0 Å². The molecule has 2 aliphatic rings. The van der Waals surface area contributed by atoms with E-state index in [-0.39, 0.29) is 30.2 Å². The van der Waals surface area contributed by atoms with E-state index < -0.39 is 11.6 Å². The van der Waals surface area contributed by atoms with Gasteiger partial charge < -0.3 is 10.1 Å². The van der Waals surface area contributed by atoms with Crippen molar-refractivity contribution in [1.29, 1.82) is 0 Å². The highest BCUT2D eigenvalue weighted by Crippen LogP contribution is 2.43. The molecule has 1 saturated carbocycles. The number of para-hydroxylation sites is 1. The topological polar surface area (TPSA) is 79.0 Å². The summed E-state index contributed by atoms with van der Waals surface area (Å²) in [7, 11) is 0. The Kier molecular flexibility index (Phi) is 8.66. The van der Waals surface area contributed by atoms with Crippen molar-refractivity contribution in [3.8, 4) is 5.75 Å². The number of anilines is 2. The van der Waals surface area contributed by atoms with Crippen LogP contribution in [0.1, 0.15) is 88.3 Å². The number of benzene rings is 3. The highest BCUT2D eigenvalue weighted by Gasteiger charge is 2.58. The fraction of sp³-hybridized carbons (Fsp3) is 0.400. The van der Waals surface area contributed by atoms with E-state index in [2.05, 4.69) is 33.0 Å². The molecule has 1 aliphatic heterocycles. The molecule has 0 unspecified atom stereocenters. The second-order valence-corrected chi connectivity index (χ2v) is 12.0. The first-order chi connectivity index (χ1) is 20.2. The number of carbonyl (C=O) groups is 3. The molecule has 0 aromatic heterocycles. The van der Waals surface area contributed by atoms with Gasteiger partial charge in [0.25, 0.3) is 5.91 Å². The van der Waals surface area contributed by atoms with Crippen LogP contribution in [0.5, 0.6) is 5.75 Å². The zero-order chi connectivity index (χ0) is 29.9. The van der Waals surface area contributed by atoms with Gasteiger partial charge in [0, 0.05) is 11.4 Å². The van der Waals surface area contributed by atoms with Crippen LogP contribution in [-0.2, 0) is 16.2 Å². The third kappa shape index (κ3) is 5.78. The molecule has 7 heteroatoms. The van der Waals surface area contributed by atoms with Crippen LogP contribution in [0.2, 0.25) is 0 Å². The maximum Gasteiger partial charge on any atom is 0.332 e. The first-order valence-electron chi connectivity index (χ1n) is 15.1. The van der Waals surface area contributed by atoms with Crippen molar-refractivity contribution in [3.63, 3.8) is 0 Å². The Labute approximate surface area is 248 Å². The van der Waals surface area contributed by atoms with Crippen LogP contribution in [0.4, 0.5) is 16.2 Å². The lowest BCUT2D eigenvalue weighted by Gasteiger charge is -2.38. The van der Waals surface area contributed by atoms with Gasteiger partial charge in [-0.25, -0.2) is 4.79 Å². The summed E-state index contributed by atoms with van der Waals surface area (Å²) in [5, 5.41) is 3.07. The highest BCUT2D eigenvalue weighted by atomic mass is 16.5. The molecule has 3 aromatic carbocycles. The Hall–Kier alpha value is -4.13. The van der Waals surface area contributed by atoms with Crippen molar-refractivity contribution in [2.24, 2.45) is 0 Å². The fourth-order valence-electron chi connectivity index (χ4n) is 6.26. The summed E-state index contributed by atoms with van der Waals surface area (Å²) in [5.41, 5.74) is 3.58. The summed E-state index contributed by atoms with van der Waals surface area (Å²) in [6.07, 6.45) is 3.89. The summed E-state index contributed by atoms with van der Waals surface area (Å²) in [6, 6.07) is 22.8. The van der Waals surface area contributed by atoms with Gasteiger partial charge in [-0.2, -0.15) is 0 Å². The monoisotopic (exact) mass is 567 g/mol. The standard InChI is InChI=1S/C35H41N3O4/c1-24(2)29-14-11-15-30(25(3)4)32(29)36-31(39)22-37-33(40)35(20-9-6-10-21-35)38(34(37)41)27-16-18-28(19-17-27)42-23-26-12-7-5-8-13-26/h5,7-8,11-19,24-25H,6,9-10,20-23H2,1-4H3,(H,36,39). The first-order valence-corrected chi connectivity index (χ1v) is 15.1. The number of hydrogen-bond acceptors (Lipinski definition) is 4. The second kappa shape index (κ2) is 12.4. The van der Waals surface area contributed by atoms with Crippen molar-refractivity contribution in [2.75, 3.05) is 16.8 Å². The van der Waals surface area contributed by atoms with Gasteiger partial charge in [-0.15, -0.1) is 0 Å². The number of hydrogen-bond donors (Lipinski definition) is 1. The Morgan fingerprint density at radius 2 is 1.45 bits per heavy atom. The lowest BCUT2D eigenvalue weighted by molar-refractivity contribution is -0.134. The summed E-state index contributed by atoms with van der Waals surface area (Å²) in [4.78, 5) is 44.2. The van der Waals surface area contributed by atoms with Gasteiger partial charge in [0.2, 0.25) is 5.91 Å². The SMILES string of the molecule is CC(C)c1cccc(C(C)C)c1NC(=O)CN1C(=O)N(c2ccc(OCc3ccccc3)cc2)C2(CCCCC2)C1=O. The van der Waals surface area contributed by atoms with Crippen LogP contribution in [-0.4, -0.2) is 34.8 Å². The molecule has 1 aliphatic carbocycles. The van der Waals surface area contributed by atoms with Crippen LogP contribution in [0.25, 0.3) is 0 Å². The van der Waals surface area contributed by atoms with E-state index in [0.717, 1.165) is 46.5 Å². The molecule has 0 radical (unpaired) electrons. The molecule has 1 N–H and O–H groups in total. The van der Waals surface area contributed by atoms with Crippen LogP contribution < -0.4 is 15.0 Å². The van der Waals surface area contributed by atoms with Gasteiger partial charge in [-0.1, -0.05) is 95.5 Å². The Morgan fingerprint density at radius 1 is 0.833 bits per heavy atom. The van der Waals surface area contributed by atoms with Crippen molar-refractivity contribution in [3.05, 3.63) is 89.5 Å². The molecule has 0 bridgehead atoms. The summed E-state index contributed by atoms with van der Waals surface area (Å²) >= 11 is 0. The van der Waals surface area contributed by atoms with Crippen LogP contribution in [0.15, 0.2) is 72.8 Å². The molecule has 4 amide bonds. The largest absolute Gasteiger partial charge is 0.489 e. The first kappa shape index (κ1) is 29.4. The Balaban J connectivity index is 1.37. The molecule has 1 spiro atoms. The van der Waals surface area contributed by atoms with Crippen LogP contribution >= 0.6 is 0 Å². The van der Waals surface area contributed by atoms with E-state index in [4.69, 9.17) is 4.74 Å². The number of carbonyl (C=O) groups excluding carboxylic acids is 3. The van der Waals surface area contributed by atoms with E-state index in [0.29, 0.717) is 30.9 Å². The van der Waals surface area contributed by atoms with Gasteiger partial charge in [-0.05, 0) is 65.6 Å². The third-order valence-corrected chi connectivity index (χ3v) is 8.46. The number of rotatable bonds is 9. The number of ether oxygens (including phenoxy) is 1. The van der Waals surface area contributed by atoms with Crippen LogP contribution in [0, 0.1) is 0 Å². The lowest BCUT2D eigenvalue weighted by atomic mass is 9.80. The average molecular weight is 568 g/mol. The molecular weight excluding hydrogens is 526 g/mol. The minimum Gasteiger partial charge on any atom is -0.489 e. The van der Waals surface area contributed by atoms with Crippen molar-refractivity contribution >= 4 is 29.2 Å². The minimum absolute atomic E-state index is 0.203. The maximum atomic E-state index is 14.0. The molecule has 5 rings (SSSR count). The van der Waals surface area contributed by atoms with Gasteiger partial charge in [0.1, 0.15) is 24.4 Å². The number of nitrogens with one attached hydrogen (secondary N) is 1. The zero-order valence-electron chi connectivity index (χ0n) is 25.1. The minimum atomic E-state index is -0.971. The van der Waals surface area contributed by atoms with Crippen LogP contribution in [0.3, 0.4) is 0 Å². The lowest BCUT2D eigenvalue weighted by Crippen LogP contribution is -2.51. The molecule has 1 saturated heterocycles. The summed E-state index contributed by atoms with van der Waals surface area (Å²) < 4.78 is 5.94. The summed E-state index contributed by atoms with van der Waals surface area (Å²) in [5.74, 6) is 0.431. The molecular formula is C35H41N3O4. The Bertz CT molecular complexity index is 1400. The smallest absolute Gasteiger partial charge is 0.332 e. The van der Waals surface area contributed by atoms with E-state index in [1.54, 1.807) is 4.90 Å². The molecule has 7 nitrogen and oxygen atoms in total. The normalized spacial score (nSPS) is 16.5. The molecule has 42 heavy (non-hydrogen) atoms. The van der Waals surface area contributed by atoms with E-state index in [1.807, 2.05) is 72.8 Å². The van der Waals surface area contributed by atoms with Gasteiger partial charge in [-0.3, -0.25) is 19.4 Å². The fourth-order valence-corrected chi connectivity index (χ4v) is 6.26. The van der Waals surface area contributed by atoms with E-state index >= 15 is 0 Å². The second-order valence-electron chi connectivity index (χ2n) is 12.0. The predicted molar refractivity (Wildman–Crippen MR) is 166 cm³/mol. The predicted octanol–water partition coefficient (Wildman–Crippen LogP) is 7.62. The zero-order valence-corrected chi connectivity index (χ0v) is 25.1. The average Bonchev–Trinajstić information content (AvgIpc) is 3.17. The number of nitrogens with zero attached hydrogens (tertiary/aromatic N) is 2.